The molecule has 1 aromatic carbocycles. The van der Waals surface area contributed by atoms with Crippen LogP contribution in [0.1, 0.15) is 16.9 Å². The van der Waals surface area contributed by atoms with Crippen molar-refractivity contribution < 1.29 is 14.4 Å². The van der Waals surface area contributed by atoms with Gasteiger partial charge in [0.25, 0.3) is 0 Å². The van der Waals surface area contributed by atoms with Crippen molar-refractivity contribution in [2.45, 2.75) is 20.0 Å². The second-order valence-corrected chi connectivity index (χ2v) is 4.70. The number of benzene rings is 1. The van der Waals surface area contributed by atoms with Crippen molar-refractivity contribution in [3.05, 3.63) is 35.1 Å². The fourth-order valence-electron chi connectivity index (χ4n) is 2.42. The summed E-state index contributed by atoms with van der Waals surface area (Å²) in [6.45, 7) is 1.66. The van der Waals surface area contributed by atoms with Gasteiger partial charge in [0.05, 0.1) is 13.0 Å². The van der Waals surface area contributed by atoms with Crippen LogP contribution in [0.4, 0.5) is 5.69 Å². The molecular formula is C14H14N2O3. The third-order valence-corrected chi connectivity index (χ3v) is 3.57. The van der Waals surface area contributed by atoms with Crippen molar-refractivity contribution >= 4 is 11.6 Å². The van der Waals surface area contributed by atoms with Gasteiger partial charge in [-0.25, -0.2) is 0 Å². The first kappa shape index (κ1) is 11.9. The van der Waals surface area contributed by atoms with Crippen molar-refractivity contribution in [2.24, 2.45) is 0 Å². The van der Waals surface area contributed by atoms with E-state index in [0.717, 1.165) is 16.8 Å². The van der Waals surface area contributed by atoms with Crippen LogP contribution >= 0.6 is 0 Å². The van der Waals surface area contributed by atoms with Crippen molar-refractivity contribution in [2.75, 3.05) is 11.9 Å². The normalized spacial score (nSPS) is 14.1. The summed E-state index contributed by atoms with van der Waals surface area (Å²) in [5.74, 6) is 0.706. The molecule has 1 aromatic heterocycles. The van der Waals surface area contributed by atoms with Crippen LogP contribution in [-0.4, -0.2) is 23.2 Å². The molecule has 0 radical (unpaired) electrons. The zero-order valence-corrected chi connectivity index (χ0v) is 10.8. The van der Waals surface area contributed by atoms with Gasteiger partial charge in [-0.1, -0.05) is 11.2 Å². The van der Waals surface area contributed by atoms with Crippen LogP contribution in [0.15, 0.2) is 22.7 Å². The van der Waals surface area contributed by atoms with E-state index in [1.165, 1.54) is 0 Å². The lowest BCUT2D eigenvalue weighted by Crippen LogP contribution is -2.20. The minimum absolute atomic E-state index is 0.0888. The van der Waals surface area contributed by atoms with Crippen molar-refractivity contribution in [3.63, 3.8) is 0 Å². The highest BCUT2D eigenvalue weighted by molar-refractivity contribution is 6.01. The zero-order chi connectivity index (χ0) is 13.6. The summed E-state index contributed by atoms with van der Waals surface area (Å²) < 4.78 is 5.12. The minimum atomic E-state index is -0.111. The standard InChI is InChI=1S/C14H14N2O3/c1-8-11(7-17)14(15-19-8)9-3-4-12-10(5-9)6-13(18)16(12)2/h3-5,17H,6-7H2,1-2H3. The van der Waals surface area contributed by atoms with Gasteiger partial charge in [0.2, 0.25) is 5.91 Å². The molecule has 19 heavy (non-hydrogen) atoms. The van der Waals surface area contributed by atoms with E-state index in [1.807, 2.05) is 18.2 Å². The maximum atomic E-state index is 11.7. The Morgan fingerprint density at radius 3 is 3.00 bits per heavy atom. The molecule has 0 aliphatic carbocycles. The molecule has 98 valence electrons. The number of aliphatic hydroxyl groups is 1. The average Bonchev–Trinajstić information content (AvgIpc) is 2.90. The maximum absolute atomic E-state index is 11.7. The van der Waals surface area contributed by atoms with Gasteiger partial charge < -0.3 is 14.5 Å². The fraction of sp³-hybridized carbons (Fsp3) is 0.286. The van der Waals surface area contributed by atoms with Crippen molar-refractivity contribution in [1.82, 2.24) is 5.16 Å². The van der Waals surface area contributed by atoms with Gasteiger partial charge in [0.15, 0.2) is 0 Å². The molecule has 0 unspecified atom stereocenters. The molecule has 2 aromatic rings. The Morgan fingerprint density at radius 1 is 1.47 bits per heavy atom. The number of anilines is 1. The molecule has 0 saturated heterocycles. The van der Waals surface area contributed by atoms with Crippen LogP contribution in [0.5, 0.6) is 0 Å². The van der Waals surface area contributed by atoms with Gasteiger partial charge in [0, 0.05) is 23.9 Å². The predicted molar refractivity (Wildman–Crippen MR) is 69.7 cm³/mol. The summed E-state index contributed by atoms with van der Waals surface area (Å²) in [5, 5.41) is 13.4. The van der Waals surface area contributed by atoms with Gasteiger partial charge in [-0.2, -0.15) is 0 Å². The molecule has 1 N–H and O–H groups in total. The van der Waals surface area contributed by atoms with Crippen LogP contribution in [0.2, 0.25) is 0 Å². The Kier molecular flexibility index (Phi) is 2.64. The molecular weight excluding hydrogens is 244 g/mol. The first-order valence-electron chi connectivity index (χ1n) is 6.07. The molecule has 1 amide bonds. The minimum Gasteiger partial charge on any atom is -0.391 e. The number of rotatable bonds is 2. The first-order chi connectivity index (χ1) is 9.11. The Morgan fingerprint density at radius 2 is 2.26 bits per heavy atom. The van der Waals surface area contributed by atoms with Crippen LogP contribution in [-0.2, 0) is 17.8 Å². The maximum Gasteiger partial charge on any atom is 0.231 e. The number of aryl methyl sites for hydroxylation is 1. The third kappa shape index (κ3) is 1.74. The van der Waals surface area contributed by atoms with E-state index < -0.39 is 0 Å². The number of hydrogen-bond donors (Lipinski definition) is 1. The highest BCUT2D eigenvalue weighted by atomic mass is 16.5. The summed E-state index contributed by atoms with van der Waals surface area (Å²) in [6.07, 6.45) is 0.408. The first-order valence-corrected chi connectivity index (χ1v) is 6.07. The number of aliphatic hydroxyl groups excluding tert-OH is 1. The van der Waals surface area contributed by atoms with Gasteiger partial charge in [-0.05, 0) is 24.6 Å². The SMILES string of the molecule is Cc1onc(-c2ccc3c(c2)CC(=O)N3C)c1CO. The number of fused-ring (bicyclic) bond motifs is 1. The number of hydrogen-bond acceptors (Lipinski definition) is 4. The van der Waals surface area contributed by atoms with E-state index in [4.69, 9.17) is 4.52 Å². The summed E-state index contributed by atoms with van der Waals surface area (Å²) in [6, 6.07) is 5.73. The number of carbonyl (C=O) groups excluding carboxylic acids is 1. The summed E-state index contributed by atoms with van der Waals surface area (Å²) in [5.41, 5.74) is 4.11. The van der Waals surface area contributed by atoms with Gasteiger partial charge in [0.1, 0.15) is 11.5 Å². The molecule has 5 heteroatoms. The average molecular weight is 258 g/mol. The fourth-order valence-corrected chi connectivity index (χ4v) is 2.42. The van der Waals surface area contributed by atoms with Crippen molar-refractivity contribution in [1.29, 1.82) is 0 Å². The monoisotopic (exact) mass is 258 g/mol. The van der Waals surface area contributed by atoms with Crippen LogP contribution in [0, 0.1) is 6.92 Å². The topological polar surface area (TPSA) is 66.6 Å². The molecule has 0 bridgehead atoms. The number of nitrogens with zero attached hydrogens (tertiary/aromatic N) is 2. The molecule has 3 rings (SSSR count). The Hall–Kier alpha value is -2.14. The van der Waals surface area contributed by atoms with E-state index in [0.29, 0.717) is 23.4 Å². The van der Waals surface area contributed by atoms with E-state index in [-0.39, 0.29) is 12.5 Å². The number of carbonyl (C=O) groups is 1. The molecule has 2 heterocycles. The van der Waals surface area contributed by atoms with E-state index in [9.17, 15) is 9.90 Å². The van der Waals surface area contributed by atoms with Gasteiger partial charge in [-0.15, -0.1) is 0 Å². The van der Waals surface area contributed by atoms with Gasteiger partial charge in [-0.3, -0.25) is 4.79 Å². The lowest BCUT2D eigenvalue weighted by molar-refractivity contribution is -0.117. The Balaban J connectivity index is 2.09. The van der Waals surface area contributed by atoms with E-state index in [1.54, 1.807) is 18.9 Å². The van der Waals surface area contributed by atoms with E-state index in [2.05, 4.69) is 5.16 Å². The molecule has 0 spiro atoms. The van der Waals surface area contributed by atoms with Gasteiger partial charge >= 0.3 is 0 Å². The molecule has 1 aliphatic rings. The van der Waals surface area contributed by atoms with Crippen LogP contribution in [0.25, 0.3) is 11.3 Å². The van der Waals surface area contributed by atoms with Crippen LogP contribution < -0.4 is 4.90 Å². The second-order valence-electron chi connectivity index (χ2n) is 4.70. The number of amides is 1. The zero-order valence-electron chi connectivity index (χ0n) is 10.8. The summed E-state index contributed by atoms with van der Waals surface area (Å²) in [4.78, 5) is 13.3. The largest absolute Gasteiger partial charge is 0.391 e. The lowest BCUT2D eigenvalue weighted by Gasteiger charge is -2.10. The smallest absolute Gasteiger partial charge is 0.231 e. The van der Waals surface area contributed by atoms with Crippen LogP contribution in [0.3, 0.4) is 0 Å². The molecule has 0 saturated carbocycles. The Bertz CT molecular complexity index is 661. The molecule has 0 fully saturated rings. The van der Waals surface area contributed by atoms with E-state index >= 15 is 0 Å². The molecule has 1 aliphatic heterocycles. The number of likely N-dealkylation sites (N-methyl/N-ethyl adjacent to an activating group) is 1. The second kappa shape index (κ2) is 4.20. The quantitative estimate of drug-likeness (QED) is 0.889. The molecule has 0 atom stereocenters. The summed E-state index contributed by atoms with van der Waals surface area (Å²) in [7, 11) is 1.77. The predicted octanol–water partition coefficient (Wildman–Crippen LogP) is 1.66. The number of aromatic nitrogens is 1. The third-order valence-electron chi connectivity index (χ3n) is 3.57. The van der Waals surface area contributed by atoms with Crippen molar-refractivity contribution in [3.8, 4) is 11.3 Å². The Labute approximate surface area is 110 Å². The highest BCUT2D eigenvalue weighted by Crippen LogP contribution is 2.33. The summed E-state index contributed by atoms with van der Waals surface area (Å²) >= 11 is 0. The lowest BCUT2D eigenvalue weighted by atomic mass is 10.0. The highest BCUT2D eigenvalue weighted by Gasteiger charge is 2.25. The molecule has 5 nitrogen and oxygen atoms in total.